The zero-order valence-electron chi connectivity index (χ0n) is 13.6. The summed E-state index contributed by atoms with van der Waals surface area (Å²) in [5, 5.41) is 3.89. The van der Waals surface area contributed by atoms with E-state index < -0.39 is 0 Å². The molecule has 0 amide bonds. The van der Waals surface area contributed by atoms with Gasteiger partial charge in [0, 0.05) is 24.2 Å². The topological polar surface area (TPSA) is 18.5 Å². The van der Waals surface area contributed by atoms with Gasteiger partial charge in [0.2, 0.25) is 0 Å². The third-order valence-corrected chi connectivity index (χ3v) is 6.15. The third-order valence-electron chi connectivity index (χ3n) is 6.15. The Balaban J connectivity index is 1.38. The zero-order chi connectivity index (χ0) is 14.1. The van der Waals surface area contributed by atoms with Gasteiger partial charge in [-0.3, -0.25) is 0 Å². The number of nitrogens with one attached hydrogen (secondary N) is 1. The quantitative estimate of drug-likeness (QED) is 0.852. The average Bonchev–Trinajstić information content (AvgIpc) is 2.66. The molecule has 0 radical (unpaired) electrons. The van der Waals surface area contributed by atoms with E-state index in [0.717, 1.165) is 30.1 Å². The molecule has 0 aromatic rings. The van der Waals surface area contributed by atoms with Crippen molar-refractivity contribution in [3.8, 4) is 0 Å². The van der Waals surface area contributed by atoms with Gasteiger partial charge in [0.05, 0.1) is 0 Å². The van der Waals surface area contributed by atoms with Crippen molar-refractivity contribution < 1.29 is 0 Å². The summed E-state index contributed by atoms with van der Waals surface area (Å²) in [6.07, 6.45) is 8.46. The van der Waals surface area contributed by atoms with Gasteiger partial charge in [0.1, 0.15) is 0 Å². The van der Waals surface area contributed by atoms with Crippen LogP contribution in [0.25, 0.3) is 0 Å². The summed E-state index contributed by atoms with van der Waals surface area (Å²) in [5.41, 5.74) is 0. The van der Waals surface area contributed by atoms with E-state index in [4.69, 9.17) is 0 Å². The fourth-order valence-electron chi connectivity index (χ4n) is 4.64. The Labute approximate surface area is 125 Å². The van der Waals surface area contributed by atoms with Gasteiger partial charge in [0.15, 0.2) is 0 Å². The Morgan fingerprint density at radius 1 is 1.00 bits per heavy atom. The van der Waals surface area contributed by atoms with E-state index in [-0.39, 0.29) is 0 Å². The van der Waals surface area contributed by atoms with E-state index in [0.29, 0.717) is 0 Å². The molecular weight excluding hydrogens is 246 g/mol. The summed E-state index contributed by atoms with van der Waals surface area (Å²) in [7, 11) is 2.34. The molecule has 3 nitrogen and oxygen atoms in total. The summed E-state index contributed by atoms with van der Waals surface area (Å²) >= 11 is 0. The molecule has 3 rings (SSSR count). The number of fused-ring (bicyclic) bond motifs is 2. The van der Waals surface area contributed by atoms with Gasteiger partial charge in [-0.15, -0.1) is 0 Å². The van der Waals surface area contributed by atoms with Crippen LogP contribution in [0.5, 0.6) is 0 Å². The van der Waals surface area contributed by atoms with Crippen molar-refractivity contribution in [3.05, 3.63) is 0 Å². The lowest BCUT2D eigenvalue weighted by molar-refractivity contribution is 0.123. The first-order chi connectivity index (χ1) is 9.63. The standard InChI is InChI=1S/C17H33N3/c1-13(2)20-8-6-15(7-9-20)18-12-14-10-16-4-5-17(11-14)19(16)3/h13-18H,4-12H2,1-3H3. The molecule has 0 spiro atoms. The Kier molecular flexibility index (Phi) is 4.68. The molecule has 1 N–H and O–H groups in total. The monoisotopic (exact) mass is 279 g/mol. The first-order valence-corrected chi connectivity index (χ1v) is 8.83. The highest BCUT2D eigenvalue weighted by molar-refractivity contribution is 4.94. The molecule has 0 aromatic carbocycles. The van der Waals surface area contributed by atoms with Crippen molar-refractivity contribution in [2.75, 3.05) is 26.7 Å². The number of likely N-dealkylation sites (tertiary alicyclic amines) is 1. The maximum atomic E-state index is 3.89. The second kappa shape index (κ2) is 6.33. The van der Waals surface area contributed by atoms with Gasteiger partial charge in [-0.25, -0.2) is 0 Å². The van der Waals surface area contributed by atoms with E-state index in [2.05, 4.69) is 36.0 Å². The fraction of sp³-hybridized carbons (Fsp3) is 1.00. The molecule has 3 aliphatic heterocycles. The number of rotatable bonds is 4. The van der Waals surface area contributed by atoms with Crippen LogP contribution in [0.4, 0.5) is 0 Å². The van der Waals surface area contributed by atoms with Crippen molar-refractivity contribution in [3.63, 3.8) is 0 Å². The Hall–Kier alpha value is -0.120. The van der Waals surface area contributed by atoms with Crippen LogP contribution in [0, 0.1) is 5.92 Å². The molecule has 2 unspecified atom stereocenters. The minimum atomic E-state index is 0.723. The molecule has 2 atom stereocenters. The molecule has 116 valence electrons. The molecule has 2 bridgehead atoms. The second-order valence-electron chi connectivity index (χ2n) is 7.70. The Bertz CT molecular complexity index is 295. The van der Waals surface area contributed by atoms with Crippen molar-refractivity contribution in [1.82, 2.24) is 15.1 Å². The van der Waals surface area contributed by atoms with Crippen LogP contribution in [0.1, 0.15) is 52.4 Å². The predicted molar refractivity (Wildman–Crippen MR) is 85.0 cm³/mol. The summed E-state index contributed by atoms with van der Waals surface area (Å²) in [5.74, 6) is 0.937. The first kappa shape index (κ1) is 14.8. The number of piperidine rings is 2. The van der Waals surface area contributed by atoms with Gasteiger partial charge in [-0.1, -0.05) is 0 Å². The number of hydrogen-bond donors (Lipinski definition) is 1. The van der Waals surface area contributed by atoms with Gasteiger partial charge in [-0.05, 0) is 85.0 Å². The molecule has 0 aliphatic carbocycles. The average molecular weight is 279 g/mol. The van der Waals surface area contributed by atoms with Crippen molar-refractivity contribution in [2.45, 2.75) is 76.5 Å². The smallest absolute Gasteiger partial charge is 0.00988 e. The summed E-state index contributed by atoms with van der Waals surface area (Å²) in [6, 6.07) is 3.29. The third kappa shape index (κ3) is 3.20. The van der Waals surface area contributed by atoms with Crippen molar-refractivity contribution in [1.29, 1.82) is 0 Å². The lowest BCUT2D eigenvalue weighted by Gasteiger charge is -2.38. The largest absolute Gasteiger partial charge is 0.314 e. The highest BCUT2D eigenvalue weighted by Crippen LogP contribution is 2.37. The highest BCUT2D eigenvalue weighted by Gasteiger charge is 2.38. The molecule has 20 heavy (non-hydrogen) atoms. The molecular formula is C17H33N3. The van der Waals surface area contributed by atoms with Crippen LogP contribution in [0.2, 0.25) is 0 Å². The molecule has 3 aliphatic rings. The molecule has 3 heterocycles. The lowest BCUT2D eigenvalue weighted by Crippen LogP contribution is -2.48. The summed E-state index contributed by atoms with van der Waals surface area (Å²) < 4.78 is 0. The van der Waals surface area contributed by atoms with Gasteiger partial charge in [-0.2, -0.15) is 0 Å². The van der Waals surface area contributed by atoms with Crippen LogP contribution in [-0.2, 0) is 0 Å². The normalized spacial score (nSPS) is 36.9. The van der Waals surface area contributed by atoms with Gasteiger partial charge >= 0.3 is 0 Å². The van der Waals surface area contributed by atoms with Crippen molar-refractivity contribution >= 4 is 0 Å². The lowest BCUT2D eigenvalue weighted by atomic mass is 9.90. The second-order valence-corrected chi connectivity index (χ2v) is 7.70. The summed E-state index contributed by atoms with van der Waals surface area (Å²) in [4.78, 5) is 5.27. The van der Waals surface area contributed by atoms with Crippen LogP contribution >= 0.6 is 0 Å². The summed E-state index contributed by atoms with van der Waals surface area (Å²) in [6.45, 7) is 8.49. The maximum absolute atomic E-state index is 3.89. The zero-order valence-corrected chi connectivity index (χ0v) is 13.6. The predicted octanol–water partition coefficient (Wildman–Crippen LogP) is 2.32. The molecule has 0 aromatic heterocycles. The molecule has 3 saturated heterocycles. The minimum Gasteiger partial charge on any atom is -0.314 e. The molecule has 3 fully saturated rings. The molecule has 0 saturated carbocycles. The van der Waals surface area contributed by atoms with E-state index in [1.165, 1.54) is 58.2 Å². The SMILES string of the molecule is CC(C)N1CCC(NCC2CC3CCC(C2)N3C)CC1. The van der Waals surface area contributed by atoms with E-state index in [1.807, 2.05) is 0 Å². The minimum absolute atomic E-state index is 0.723. The van der Waals surface area contributed by atoms with Gasteiger partial charge in [0.25, 0.3) is 0 Å². The fourth-order valence-corrected chi connectivity index (χ4v) is 4.64. The van der Waals surface area contributed by atoms with E-state index in [1.54, 1.807) is 0 Å². The van der Waals surface area contributed by atoms with Crippen LogP contribution in [0.3, 0.4) is 0 Å². The van der Waals surface area contributed by atoms with Crippen molar-refractivity contribution in [2.24, 2.45) is 5.92 Å². The van der Waals surface area contributed by atoms with Gasteiger partial charge < -0.3 is 15.1 Å². The maximum Gasteiger partial charge on any atom is 0.00988 e. The van der Waals surface area contributed by atoms with Crippen LogP contribution in [0.15, 0.2) is 0 Å². The number of hydrogen-bond acceptors (Lipinski definition) is 3. The molecule has 3 heteroatoms. The highest BCUT2D eigenvalue weighted by atomic mass is 15.2. The van der Waals surface area contributed by atoms with Crippen LogP contribution in [-0.4, -0.2) is 60.6 Å². The van der Waals surface area contributed by atoms with E-state index >= 15 is 0 Å². The van der Waals surface area contributed by atoms with Crippen LogP contribution < -0.4 is 5.32 Å². The first-order valence-electron chi connectivity index (χ1n) is 8.83. The Morgan fingerprint density at radius 2 is 1.60 bits per heavy atom. The number of nitrogens with zero attached hydrogens (tertiary/aromatic N) is 2. The Morgan fingerprint density at radius 3 is 2.15 bits per heavy atom. The van der Waals surface area contributed by atoms with E-state index in [9.17, 15) is 0 Å².